The first-order chi connectivity index (χ1) is 13.2. The number of benzene rings is 1. The van der Waals surface area contributed by atoms with E-state index in [0.29, 0.717) is 34.4 Å². The Morgan fingerprint density at radius 2 is 1.68 bits per heavy atom. The topological polar surface area (TPSA) is 84.5 Å². The number of methoxy groups -OCH3 is 1. The molecule has 0 heterocycles. The predicted molar refractivity (Wildman–Crippen MR) is 136 cm³/mol. The largest absolute Gasteiger partial charge is 0.375 e. The van der Waals surface area contributed by atoms with Gasteiger partial charge in [-0.05, 0) is 91.7 Å². The molecule has 0 bridgehead atoms. The molecule has 0 aliphatic carbocycles. The van der Waals surface area contributed by atoms with Crippen molar-refractivity contribution in [2.75, 3.05) is 25.6 Å². The van der Waals surface area contributed by atoms with Gasteiger partial charge in [0.05, 0.1) is 24.0 Å². The summed E-state index contributed by atoms with van der Waals surface area (Å²) in [7, 11) is 1.41. The van der Waals surface area contributed by atoms with Crippen LogP contribution in [0.5, 0.6) is 0 Å². The van der Waals surface area contributed by atoms with E-state index in [1.54, 1.807) is 0 Å². The summed E-state index contributed by atoms with van der Waals surface area (Å²) in [5, 5.41) is 5.00. The van der Waals surface area contributed by atoms with E-state index in [-0.39, 0.29) is 24.0 Å². The van der Waals surface area contributed by atoms with E-state index in [4.69, 9.17) is 16.3 Å². The van der Waals surface area contributed by atoms with Crippen LogP contribution in [0.4, 0.5) is 5.69 Å². The lowest BCUT2D eigenvalue weighted by Gasteiger charge is -2.19. The summed E-state index contributed by atoms with van der Waals surface area (Å²) < 4.78 is 6.36. The molecule has 0 saturated carbocycles. The molecule has 1 aromatic carbocycles. The summed E-state index contributed by atoms with van der Waals surface area (Å²) in [6.45, 7) is 4.62. The van der Waals surface area contributed by atoms with Gasteiger partial charge in [-0.1, -0.05) is 26.7 Å². The molecule has 0 radical (unpaired) electrons. The third kappa shape index (κ3) is 6.91. The van der Waals surface area contributed by atoms with Crippen LogP contribution in [0.2, 0.25) is 0 Å². The molecule has 1 aromatic rings. The summed E-state index contributed by atoms with van der Waals surface area (Å²) in [4.78, 5) is 37.0. The van der Waals surface area contributed by atoms with E-state index < -0.39 is 5.24 Å². The molecule has 1 unspecified atom stereocenters. The van der Waals surface area contributed by atoms with Gasteiger partial charge in [-0.3, -0.25) is 14.4 Å². The van der Waals surface area contributed by atoms with Crippen LogP contribution in [-0.2, 0) is 9.53 Å². The maximum absolute atomic E-state index is 12.9. The van der Waals surface area contributed by atoms with Crippen LogP contribution in [0, 0.1) is 16.6 Å². The number of nitrogens with one attached hydrogen (secondary N) is 2. The Labute approximate surface area is 211 Å². The van der Waals surface area contributed by atoms with Gasteiger partial charge < -0.3 is 15.4 Å². The molecule has 0 fully saturated rings. The van der Waals surface area contributed by atoms with Crippen molar-refractivity contribution in [1.29, 1.82) is 0 Å². The smallest absolute Gasteiger partial charge is 0.254 e. The Balaban J connectivity index is 3.36. The van der Waals surface area contributed by atoms with Crippen molar-refractivity contribution in [3.63, 3.8) is 0 Å². The number of hydrogen-bond donors (Lipinski definition) is 2. The SMILES string of the molecule is CCCC(CC)CNC(=O)c1c(I)c(NC(=O)COC)c(I)c(C(=O)Cl)c1I. The fourth-order valence-electron chi connectivity index (χ4n) is 2.64. The van der Waals surface area contributed by atoms with Crippen LogP contribution in [0.3, 0.4) is 0 Å². The number of rotatable bonds is 10. The molecule has 0 spiro atoms. The summed E-state index contributed by atoms with van der Waals surface area (Å²) in [5.41, 5.74) is 0.935. The first-order valence-corrected chi connectivity index (χ1v) is 12.3. The molecule has 28 heavy (non-hydrogen) atoms. The number of carbonyl (C=O) groups excluding carboxylic acids is 3. The van der Waals surface area contributed by atoms with Gasteiger partial charge in [0, 0.05) is 17.2 Å². The number of amides is 2. The monoisotopic (exact) mass is 746 g/mol. The van der Waals surface area contributed by atoms with E-state index in [0.717, 1.165) is 19.3 Å². The second kappa shape index (κ2) is 12.8. The third-order valence-corrected chi connectivity index (χ3v) is 7.53. The highest BCUT2D eigenvalue weighted by molar-refractivity contribution is 14.1. The molecule has 156 valence electrons. The molecule has 0 aliphatic rings. The van der Waals surface area contributed by atoms with Crippen LogP contribution >= 0.6 is 79.4 Å². The number of halogens is 4. The van der Waals surface area contributed by atoms with Crippen molar-refractivity contribution in [1.82, 2.24) is 5.32 Å². The highest BCUT2D eigenvalue weighted by atomic mass is 127. The molecule has 2 amide bonds. The van der Waals surface area contributed by atoms with Crippen LogP contribution in [0.25, 0.3) is 0 Å². The summed E-state index contributed by atoms with van der Waals surface area (Å²) in [6, 6.07) is 0. The van der Waals surface area contributed by atoms with Gasteiger partial charge in [-0.15, -0.1) is 0 Å². The normalized spacial score (nSPS) is 11.8. The lowest BCUT2D eigenvalue weighted by atomic mass is 10.0. The van der Waals surface area contributed by atoms with Gasteiger partial charge in [-0.25, -0.2) is 0 Å². The number of carbonyl (C=O) groups is 3. The molecule has 0 aromatic heterocycles. The van der Waals surface area contributed by atoms with Crippen molar-refractivity contribution in [2.45, 2.75) is 33.1 Å². The minimum absolute atomic E-state index is 0.140. The average molecular weight is 747 g/mol. The van der Waals surface area contributed by atoms with E-state index in [9.17, 15) is 14.4 Å². The standard InChI is InChI=1S/C18H22ClI3N2O4/c1-4-6-9(5-2)7-23-18(27)12-13(20)11(17(19)26)14(21)16(15(12)22)24-10(25)8-28-3/h9H,4-8H2,1-3H3,(H,23,27)(H,24,25). The summed E-state index contributed by atoms with van der Waals surface area (Å²) in [6.07, 6.45) is 3.05. The van der Waals surface area contributed by atoms with Crippen molar-refractivity contribution in [3.05, 3.63) is 21.8 Å². The van der Waals surface area contributed by atoms with Gasteiger partial charge in [0.2, 0.25) is 5.91 Å². The molecule has 6 nitrogen and oxygen atoms in total. The summed E-state index contributed by atoms with van der Waals surface area (Å²) in [5.74, 6) is -0.280. The molecule has 0 saturated heterocycles. The van der Waals surface area contributed by atoms with Gasteiger partial charge in [0.15, 0.2) is 0 Å². The first kappa shape index (κ1) is 26.3. The maximum atomic E-state index is 12.9. The van der Waals surface area contributed by atoms with Gasteiger partial charge in [0.25, 0.3) is 11.1 Å². The van der Waals surface area contributed by atoms with Gasteiger partial charge in [-0.2, -0.15) is 0 Å². The lowest BCUT2D eigenvalue weighted by molar-refractivity contribution is -0.119. The maximum Gasteiger partial charge on any atom is 0.254 e. The molecule has 10 heteroatoms. The highest BCUT2D eigenvalue weighted by Gasteiger charge is 2.28. The minimum Gasteiger partial charge on any atom is -0.375 e. The molecule has 2 N–H and O–H groups in total. The molecule has 1 rings (SSSR count). The van der Waals surface area contributed by atoms with Crippen LogP contribution < -0.4 is 10.6 Å². The Kier molecular flexibility index (Phi) is 12.1. The van der Waals surface area contributed by atoms with Crippen LogP contribution in [0.15, 0.2) is 0 Å². The third-order valence-electron chi connectivity index (χ3n) is 4.11. The van der Waals surface area contributed by atoms with E-state index in [2.05, 4.69) is 24.5 Å². The summed E-state index contributed by atoms with van der Waals surface area (Å²) >= 11 is 11.7. The Bertz CT molecular complexity index is 759. The highest BCUT2D eigenvalue weighted by Crippen LogP contribution is 2.36. The number of ether oxygens (including phenoxy) is 1. The van der Waals surface area contributed by atoms with Crippen molar-refractivity contribution in [3.8, 4) is 0 Å². The Hall–Kier alpha value is 0.270. The van der Waals surface area contributed by atoms with Crippen molar-refractivity contribution < 1.29 is 19.1 Å². The quantitative estimate of drug-likeness (QED) is 0.261. The Morgan fingerprint density at radius 1 is 1.07 bits per heavy atom. The van der Waals surface area contributed by atoms with E-state index in [1.165, 1.54) is 7.11 Å². The zero-order chi connectivity index (χ0) is 21.4. The van der Waals surface area contributed by atoms with Gasteiger partial charge >= 0.3 is 0 Å². The van der Waals surface area contributed by atoms with Gasteiger partial charge in [0.1, 0.15) is 6.61 Å². The number of anilines is 1. The number of hydrogen-bond acceptors (Lipinski definition) is 4. The molecule has 0 aliphatic heterocycles. The first-order valence-electron chi connectivity index (χ1n) is 8.66. The van der Waals surface area contributed by atoms with Crippen molar-refractivity contribution >= 4 is 102 Å². The van der Waals surface area contributed by atoms with Crippen molar-refractivity contribution in [2.24, 2.45) is 5.92 Å². The molecular formula is C18H22ClI3N2O4. The zero-order valence-electron chi connectivity index (χ0n) is 15.8. The Morgan fingerprint density at radius 3 is 2.18 bits per heavy atom. The average Bonchev–Trinajstić information content (AvgIpc) is 2.62. The second-order valence-corrected chi connectivity index (χ2v) is 9.67. The fraction of sp³-hybridized carbons (Fsp3) is 0.500. The molecular weight excluding hydrogens is 724 g/mol. The molecule has 1 atom stereocenters. The van der Waals surface area contributed by atoms with Crippen LogP contribution in [0.1, 0.15) is 53.8 Å². The predicted octanol–water partition coefficient (Wildman–Crippen LogP) is 5.02. The fourth-order valence-corrected chi connectivity index (χ4v) is 7.56. The van der Waals surface area contributed by atoms with E-state index in [1.807, 2.05) is 67.8 Å². The second-order valence-electron chi connectivity index (χ2n) is 6.09. The minimum atomic E-state index is -0.682. The van der Waals surface area contributed by atoms with E-state index >= 15 is 0 Å². The zero-order valence-corrected chi connectivity index (χ0v) is 23.0. The van der Waals surface area contributed by atoms with Crippen LogP contribution in [-0.4, -0.2) is 37.3 Å². The lowest BCUT2D eigenvalue weighted by Crippen LogP contribution is -2.31.